The summed E-state index contributed by atoms with van der Waals surface area (Å²) in [6.07, 6.45) is 0.976. The molecule has 0 spiro atoms. The van der Waals surface area contributed by atoms with Crippen LogP contribution in [0.1, 0.15) is 18.9 Å². The summed E-state index contributed by atoms with van der Waals surface area (Å²) >= 11 is 5.77. The SMILES string of the molecule is CC1CN(Cc2cccc(Cl)c2F)CCC1N.Cl. The molecule has 2 rings (SSSR count). The molecule has 0 amide bonds. The fraction of sp³-hybridized carbons (Fsp3) is 0.538. The van der Waals surface area contributed by atoms with Crippen molar-refractivity contribution in [2.24, 2.45) is 11.7 Å². The largest absolute Gasteiger partial charge is 0.327 e. The molecule has 0 radical (unpaired) electrons. The average Bonchev–Trinajstić information content (AvgIpc) is 2.30. The minimum absolute atomic E-state index is 0. The fourth-order valence-corrected chi connectivity index (χ4v) is 2.50. The normalized spacial score (nSPS) is 24.7. The number of halogens is 3. The first-order valence-electron chi connectivity index (χ1n) is 5.98. The third kappa shape index (κ3) is 3.58. The van der Waals surface area contributed by atoms with Crippen molar-refractivity contribution in [2.75, 3.05) is 13.1 Å². The van der Waals surface area contributed by atoms with E-state index in [0.717, 1.165) is 19.5 Å². The van der Waals surface area contributed by atoms with Crippen LogP contribution in [0.3, 0.4) is 0 Å². The Bertz CT molecular complexity index is 401. The number of likely N-dealkylation sites (tertiary alicyclic amines) is 1. The molecule has 18 heavy (non-hydrogen) atoms. The Kier molecular flexibility index (Phi) is 5.86. The van der Waals surface area contributed by atoms with E-state index in [1.165, 1.54) is 0 Å². The summed E-state index contributed by atoms with van der Waals surface area (Å²) in [5, 5.41) is 0.198. The third-order valence-electron chi connectivity index (χ3n) is 3.48. The second kappa shape index (κ2) is 6.71. The Labute approximate surface area is 119 Å². The molecule has 2 unspecified atom stereocenters. The van der Waals surface area contributed by atoms with E-state index in [4.69, 9.17) is 17.3 Å². The summed E-state index contributed by atoms with van der Waals surface area (Å²) in [6, 6.07) is 5.44. The maximum Gasteiger partial charge on any atom is 0.146 e. The number of hydrogen-bond acceptors (Lipinski definition) is 2. The van der Waals surface area contributed by atoms with Gasteiger partial charge in [0.25, 0.3) is 0 Å². The summed E-state index contributed by atoms with van der Waals surface area (Å²) < 4.78 is 13.7. The molecule has 1 aromatic rings. The smallest absolute Gasteiger partial charge is 0.146 e. The lowest BCUT2D eigenvalue weighted by atomic mass is 9.94. The van der Waals surface area contributed by atoms with Crippen molar-refractivity contribution in [3.63, 3.8) is 0 Å². The molecule has 2 atom stereocenters. The van der Waals surface area contributed by atoms with Crippen molar-refractivity contribution >= 4 is 24.0 Å². The van der Waals surface area contributed by atoms with Gasteiger partial charge in [0.15, 0.2) is 0 Å². The summed E-state index contributed by atoms with van der Waals surface area (Å²) in [4.78, 5) is 2.24. The Morgan fingerprint density at radius 3 is 2.89 bits per heavy atom. The average molecular weight is 293 g/mol. The Morgan fingerprint density at radius 1 is 1.50 bits per heavy atom. The molecule has 5 heteroatoms. The van der Waals surface area contributed by atoms with Gasteiger partial charge in [-0.1, -0.05) is 30.7 Å². The van der Waals surface area contributed by atoms with Gasteiger partial charge in [0.2, 0.25) is 0 Å². The minimum atomic E-state index is -0.295. The van der Waals surface area contributed by atoms with E-state index in [-0.39, 0.29) is 29.3 Å². The first-order chi connectivity index (χ1) is 8.08. The van der Waals surface area contributed by atoms with Crippen LogP contribution in [0.4, 0.5) is 4.39 Å². The van der Waals surface area contributed by atoms with Gasteiger partial charge in [-0.15, -0.1) is 12.4 Å². The van der Waals surface area contributed by atoms with E-state index in [0.29, 0.717) is 18.0 Å². The van der Waals surface area contributed by atoms with Gasteiger partial charge in [0, 0.05) is 24.7 Å². The summed E-state index contributed by atoms with van der Waals surface area (Å²) in [7, 11) is 0. The van der Waals surface area contributed by atoms with Crippen LogP contribution in [0, 0.1) is 11.7 Å². The monoisotopic (exact) mass is 292 g/mol. The Balaban J connectivity index is 0.00000162. The highest BCUT2D eigenvalue weighted by Crippen LogP contribution is 2.22. The molecule has 0 saturated carbocycles. The van der Waals surface area contributed by atoms with Crippen LogP contribution in [-0.2, 0) is 6.54 Å². The van der Waals surface area contributed by atoms with Crippen molar-refractivity contribution in [2.45, 2.75) is 25.9 Å². The third-order valence-corrected chi connectivity index (χ3v) is 3.77. The highest BCUT2D eigenvalue weighted by Gasteiger charge is 2.23. The summed E-state index contributed by atoms with van der Waals surface area (Å²) in [6.45, 7) is 4.61. The Morgan fingerprint density at radius 2 is 2.22 bits per heavy atom. The topological polar surface area (TPSA) is 29.3 Å². The zero-order chi connectivity index (χ0) is 12.4. The van der Waals surface area contributed by atoms with Crippen molar-refractivity contribution < 1.29 is 4.39 Å². The summed E-state index contributed by atoms with van der Waals surface area (Å²) in [5.41, 5.74) is 6.63. The number of rotatable bonds is 2. The minimum Gasteiger partial charge on any atom is -0.327 e. The van der Waals surface area contributed by atoms with Crippen molar-refractivity contribution in [3.8, 4) is 0 Å². The molecule has 1 heterocycles. The van der Waals surface area contributed by atoms with E-state index >= 15 is 0 Å². The first-order valence-corrected chi connectivity index (χ1v) is 6.36. The predicted molar refractivity (Wildman–Crippen MR) is 75.7 cm³/mol. The molecule has 1 aliphatic heterocycles. The number of nitrogens with two attached hydrogens (primary N) is 1. The molecular weight excluding hydrogens is 274 g/mol. The zero-order valence-corrected chi connectivity index (χ0v) is 12.0. The Hall–Kier alpha value is -0.350. The lowest BCUT2D eigenvalue weighted by molar-refractivity contribution is 0.156. The van der Waals surface area contributed by atoms with E-state index < -0.39 is 0 Å². The molecule has 2 nitrogen and oxygen atoms in total. The van der Waals surface area contributed by atoms with Gasteiger partial charge in [-0.2, -0.15) is 0 Å². The standard InChI is InChI=1S/C13H18ClFN2.ClH/c1-9-7-17(6-5-12(9)16)8-10-3-2-4-11(14)13(10)15;/h2-4,9,12H,5-8,16H2,1H3;1H. The lowest BCUT2D eigenvalue weighted by Crippen LogP contribution is -2.45. The highest BCUT2D eigenvalue weighted by molar-refractivity contribution is 6.30. The van der Waals surface area contributed by atoms with Crippen molar-refractivity contribution in [1.29, 1.82) is 0 Å². The van der Waals surface area contributed by atoms with Gasteiger partial charge in [0.05, 0.1) is 5.02 Å². The number of nitrogens with zero attached hydrogens (tertiary/aromatic N) is 1. The molecule has 1 saturated heterocycles. The fourth-order valence-electron chi connectivity index (χ4n) is 2.31. The lowest BCUT2D eigenvalue weighted by Gasteiger charge is -2.35. The molecule has 0 aliphatic carbocycles. The molecular formula is C13H19Cl2FN2. The molecule has 1 aromatic carbocycles. The van der Waals surface area contributed by atoms with E-state index in [2.05, 4.69) is 11.8 Å². The number of piperidine rings is 1. The van der Waals surface area contributed by atoms with Gasteiger partial charge in [-0.05, 0) is 24.9 Å². The second-order valence-electron chi connectivity index (χ2n) is 4.88. The van der Waals surface area contributed by atoms with E-state index in [9.17, 15) is 4.39 Å². The second-order valence-corrected chi connectivity index (χ2v) is 5.29. The van der Waals surface area contributed by atoms with Gasteiger partial charge in [-0.3, -0.25) is 4.90 Å². The van der Waals surface area contributed by atoms with Crippen molar-refractivity contribution in [3.05, 3.63) is 34.6 Å². The van der Waals surface area contributed by atoms with Crippen LogP contribution in [0.2, 0.25) is 5.02 Å². The maximum absolute atomic E-state index is 13.7. The zero-order valence-electron chi connectivity index (χ0n) is 10.4. The van der Waals surface area contributed by atoms with Gasteiger partial charge in [0.1, 0.15) is 5.82 Å². The molecule has 102 valence electrons. The molecule has 2 N–H and O–H groups in total. The predicted octanol–water partition coefficient (Wildman–Crippen LogP) is 3.07. The first kappa shape index (κ1) is 15.7. The van der Waals surface area contributed by atoms with Gasteiger partial charge in [-0.25, -0.2) is 4.39 Å². The van der Waals surface area contributed by atoms with Crippen LogP contribution in [0.25, 0.3) is 0 Å². The quantitative estimate of drug-likeness (QED) is 0.908. The van der Waals surface area contributed by atoms with E-state index in [1.54, 1.807) is 18.2 Å². The van der Waals surface area contributed by atoms with Crippen LogP contribution in [0.5, 0.6) is 0 Å². The van der Waals surface area contributed by atoms with Crippen LogP contribution in [0.15, 0.2) is 18.2 Å². The molecule has 1 fully saturated rings. The summed E-state index contributed by atoms with van der Waals surface area (Å²) in [5.74, 6) is 0.169. The van der Waals surface area contributed by atoms with Gasteiger partial charge < -0.3 is 5.73 Å². The van der Waals surface area contributed by atoms with Crippen LogP contribution >= 0.6 is 24.0 Å². The van der Waals surface area contributed by atoms with E-state index in [1.807, 2.05) is 0 Å². The highest BCUT2D eigenvalue weighted by atomic mass is 35.5. The molecule has 1 aliphatic rings. The van der Waals surface area contributed by atoms with Gasteiger partial charge >= 0.3 is 0 Å². The van der Waals surface area contributed by atoms with Crippen LogP contribution < -0.4 is 5.73 Å². The number of hydrogen-bond donors (Lipinski definition) is 1. The van der Waals surface area contributed by atoms with Crippen LogP contribution in [-0.4, -0.2) is 24.0 Å². The number of benzene rings is 1. The van der Waals surface area contributed by atoms with Crippen molar-refractivity contribution in [1.82, 2.24) is 4.90 Å². The maximum atomic E-state index is 13.7. The molecule has 0 aromatic heterocycles. The molecule has 0 bridgehead atoms.